The number of ether oxygens (including phenoxy) is 1. The Morgan fingerprint density at radius 3 is 2.40 bits per heavy atom. The van der Waals surface area contributed by atoms with Crippen molar-refractivity contribution in [2.24, 2.45) is 0 Å². The van der Waals surface area contributed by atoms with Gasteiger partial charge in [-0.05, 0) is 39.7 Å². The van der Waals surface area contributed by atoms with Crippen molar-refractivity contribution < 1.29 is 14.7 Å². The smallest absolute Gasteiger partial charge is 0.251 e. The van der Waals surface area contributed by atoms with Crippen LogP contribution in [0.2, 0.25) is 0 Å². The van der Waals surface area contributed by atoms with Crippen LogP contribution < -0.4 is 9.47 Å². The largest absolute Gasteiger partial charge is 0.489 e. The number of rotatable bonds is 4. The summed E-state index contributed by atoms with van der Waals surface area (Å²) in [5, 5.41) is 12.2. The van der Waals surface area contributed by atoms with E-state index in [2.05, 4.69) is 29.8 Å². The van der Waals surface area contributed by atoms with Gasteiger partial charge in [-0.2, -0.15) is 0 Å². The lowest BCUT2D eigenvalue weighted by Gasteiger charge is -2.09. The zero-order valence-electron chi connectivity index (χ0n) is 15.2. The van der Waals surface area contributed by atoms with E-state index in [9.17, 15) is 5.21 Å². The van der Waals surface area contributed by atoms with Gasteiger partial charge < -0.3 is 4.74 Å². The molecule has 132 valence electrons. The number of fused-ring (bicyclic) bond motifs is 1. The van der Waals surface area contributed by atoms with Crippen LogP contribution in [0, 0.1) is 0 Å². The molecule has 3 aromatic rings. The number of aromatic nitrogens is 1. The molecule has 0 amide bonds. The molecule has 0 aliphatic heterocycles. The quantitative estimate of drug-likeness (QED) is 0.438. The highest BCUT2D eigenvalue weighted by atomic mass is 79.9. The standard InChI is InChI=1S/C19H19BrNO2.C2H6/c1-13(2)19-18(20)17-9-8-16(10-15(17)11-21(19)22)23-12-14-6-4-3-5-7-14;1-2/h3-11,13,22H,12H2,1-2H3;1-2H3/q+1;. The van der Waals surface area contributed by atoms with Crippen molar-refractivity contribution in [3.8, 4) is 5.75 Å². The zero-order valence-corrected chi connectivity index (χ0v) is 16.7. The lowest BCUT2D eigenvalue weighted by molar-refractivity contribution is -0.909. The number of hydrogen-bond donors (Lipinski definition) is 1. The van der Waals surface area contributed by atoms with E-state index in [1.54, 1.807) is 6.20 Å². The molecule has 1 aromatic heterocycles. The molecule has 2 aromatic carbocycles. The maximum atomic E-state index is 10.2. The molecule has 0 aliphatic rings. The molecule has 1 heterocycles. The van der Waals surface area contributed by atoms with Gasteiger partial charge in [0.1, 0.15) is 12.4 Å². The molecule has 1 N–H and O–H groups in total. The van der Waals surface area contributed by atoms with Crippen molar-refractivity contribution in [2.45, 2.75) is 40.2 Å². The SMILES string of the molecule is CC.CC(C)c1c(Br)c2ccc(OCc3ccccc3)cc2c[n+]1O. The molecule has 0 unspecified atom stereocenters. The van der Waals surface area contributed by atoms with Gasteiger partial charge in [-0.25, -0.2) is 0 Å². The van der Waals surface area contributed by atoms with Crippen molar-refractivity contribution in [1.82, 2.24) is 0 Å². The lowest BCUT2D eigenvalue weighted by Crippen LogP contribution is -2.36. The zero-order chi connectivity index (χ0) is 18.4. The average molecular weight is 403 g/mol. The third-order valence-electron chi connectivity index (χ3n) is 3.79. The van der Waals surface area contributed by atoms with E-state index in [-0.39, 0.29) is 5.92 Å². The highest BCUT2D eigenvalue weighted by Crippen LogP contribution is 2.31. The summed E-state index contributed by atoms with van der Waals surface area (Å²) < 4.78 is 7.96. The number of benzene rings is 2. The highest BCUT2D eigenvalue weighted by Gasteiger charge is 2.22. The highest BCUT2D eigenvalue weighted by molar-refractivity contribution is 9.10. The topological polar surface area (TPSA) is 33.3 Å². The second-order valence-corrected chi connectivity index (χ2v) is 6.64. The van der Waals surface area contributed by atoms with Crippen LogP contribution in [-0.4, -0.2) is 5.21 Å². The van der Waals surface area contributed by atoms with Gasteiger partial charge in [0.15, 0.2) is 0 Å². The molecule has 3 rings (SSSR count). The molecule has 0 bridgehead atoms. The first kappa shape index (κ1) is 19.3. The molecular weight excluding hydrogens is 378 g/mol. The van der Waals surface area contributed by atoms with Gasteiger partial charge in [0.25, 0.3) is 5.69 Å². The van der Waals surface area contributed by atoms with Gasteiger partial charge in [0.2, 0.25) is 6.20 Å². The van der Waals surface area contributed by atoms with E-state index in [0.717, 1.165) is 32.3 Å². The maximum Gasteiger partial charge on any atom is 0.251 e. The Hall–Kier alpha value is -2.07. The minimum absolute atomic E-state index is 0.216. The minimum Gasteiger partial charge on any atom is -0.489 e. The van der Waals surface area contributed by atoms with Gasteiger partial charge in [0.05, 0.1) is 9.86 Å². The molecule has 0 radical (unpaired) electrons. The van der Waals surface area contributed by atoms with E-state index in [1.807, 2.05) is 62.4 Å². The fraction of sp³-hybridized carbons (Fsp3) is 0.286. The number of hydrogen-bond acceptors (Lipinski definition) is 2. The Morgan fingerprint density at radius 1 is 1.08 bits per heavy atom. The summed E-state index contributed by atoms with van der Waals surface area (Å²) in [5.74, 6) is 0.998. The summed E-state index contributed by atoms with van der Waals surface area (Å²) in [7, 11) is 0. The Bertz CT molecular complexity index is 832. The summed E-state index contributed by atoms with van der Waals surface area (Å²) >= 11 is 3.61. The van der Waals surface area contributed by atoms with Crippen LogP contribution in [0.15, 0.2) is 59.2 Å². The second kappa shape index (κ2) is 8.86. The molecule has 0 spiro atoms. The predicted octanol–water partition coefficient (Wildman–Crippen LogP) is 5.86. The average Bonchev–Trinajstić information content (AvgIpc) is 2.62. The molecule has 0 saturated carbocycles. The van der Waals surface area contributed by atoms with E-state index in [4.69, 9.17) is 4.74 Å². The van der Waals surface area contributed by atoms with Crippen molar-refractivity contribution >= 4 is 26.7 Å². The number of nitrogens with zero attached hydrogens (tertiary/aromatic N) is 1. The van der Waals surface area contributed by atoms with Crippen molar-refractivity contribution in [2.75, 3.05) is 0 Å². The number of halogens is 1. The Morgan fingerprint density at radius 2 is 1.76 bits per heavy atom. The third kappa shape index (κ3) is 4.51. The van der Waals surface area contributed by atoms with Gasteiger partial charge in [-0.1, -0.05) is 58.0 Å². The van der Waals surface area contributed by atoms with Gasteiger partial charge in [0, 0.05) is 16.0 Å². The molecular formula is C21H25BrNO2+. The summed E-state index contributed by atoms with van der Waals surface area (Å²) in [6.07, 6.45) is 1.73. The van der Waals surface area contributed by atoms with E-state index in [1.165, 1.54) is 4.73 Å². The van der Waals surface area contributed by atoms with Gasteiger partial charge >= 0.3 is 0 Å². The van der Waals surface area contributed by atoms with Crippen LogP contribution in [0.4, 0.5) is 0 Å². The van der Waals surface area contributed by atoms with Crippen molar-refractivity contribution in [3.05, 3.63) is 70.5 Å². The van der Waals surface area contributed by atoms with Crippen LogP contribution in [0.5, 0.6) is 5.75 Å². The predicted molar refractivity (Wildman–Crippen MR) is 105 cm³/mol. The third-order valence-corrected chi connectivity index (χ3v) is 4.62. The fourth-order valence-corrected chi connectivity index (χ4v) is 3.64. The Balaban J connectivity index is 0.00000109. The summed E-state index contributed by atoms with van der Waals surface area (Å²) in [6, 6.07) is 16.0. The van der Waals surface area contributed by atoms with Gasteiger partial charge in [-0.15, -0.1) is 0 Å². The summed E-state index contributed by atoms with van der Waals surface area (Å²) in [4.78, 5) is 0. The van der Waals surface area contributed by atoms with E-state index < -0.39 is 0 Å². The maximum absolute atomic E-state index is 10.2. The van der Waals surface area contributed by atoms with Crippen LogP contribution in [0.25, 0.3) is 10.8 Å². The van der Waals surface area contributed by atoms with Gasteiger partial charge in [-0.3, -0.25) is 5.21 Å². The monoisotopic (exact) mass is 402 g/mol. The molecule has 0 saturated heterocycles. The van der Waals surface area contributed by atoms with Crippen LogP contribution in [0.3, 0.4) is 0 Å². The van der Waals surface area contributed by atoms with E-state index >= 15 is 0 Å². The number of pyridine rings is 1. The Kier molecular flexibility index (Phi) is 6.82. The summed E-state index contributed by atoms with van der Waals surface area (Å²) in [5.41, 5.74) is 1.98. The molecule has 0 aliphatic carbocycles. The first-order valence-electron chi connectivity index (χ1n) is 8.60. The molecule has 4 heteroatoms. The van der Waals surface area contributed by atoms with Crippen LogP contribution in [0.1, 0.15) is 44.9 Å². The normalized spacial score (nSPS) is 10.5. The minimum atomic E-state index is 0.216. The first-order chi connectivity index (χ1) is 12.1. The van der Waals surface area contributed by atoms with Crippen molar-refractivity contribution in [3.63, 3.8) is 0 Å². The molecule has 0 fully saturated rings. The molecule has 3 nitrogen and oxygen atoms in total. The van der Waals surface area contributed by atoms with E-state index in [0.29, 0.717) is 6.61 Å². The van der Waals surface area contributed by atoms with Crippen LogP contribution >= 0.6 is 15.9 Å². The molecule has 25 heavy (non-hydrogen) atoms. The summed E-state index contributed by atoms with van der Waals surface area (Å²) in [6.45, 7) is 8.63. The lowest BCUT2D eigenvalue weighted by atomic mass is 10.1. The fourth-order valence-electron chi connectivity index (χ4n) is 2.64. The second-order valence-electron chi connectivity index (χ2n) is 5.85. The Labute approximate surface area is 158 Å². The van der Waals surface area contributed by atoms with Crippen molar-refractivity contribution in [1.29, 1.82) is 0 Å². The van der Waals surface area contributed by atoms with Crippen LogP contribution in [-0.2, 0) is 6.61 Å². The first-order valence-corrected chi connectivity index (χ1v) is 9.39. The molecule has 0 atom stereocenters.